The zero-order chi connectivity index (χ0) is 19.0. The minimum atomic E-state index is -0.455. The maximum absolute atomic E-state index is 12.9. The second-order valence-corrected chi connectivity index (χ2v) is 6.62. The summed E-state index contributed by atoms with van der Waals surface area (Å²) in [7, 11) is 0. The van der Waals surface area contributed by atoms with E-state index in [9.17, 15) is 9.59 Å². The van der Waals surface area contributed by atoms with Crippen molar-refractivity contribution < 1.29 is 18.5 Å². The number of furan rings is 1. The zero-order valence-corrected chi connectivity index (χ0v) is 15.3. The van der Waals surface area contributed by atoms with Gasteiger partial charge in [0, 0.05) is 0 Å². The number of thiophene rings is 1. The topological polar surface area (TPSA) is 113 Å². The van der Waals surface area contributed by atoms with Crippen molar-refractivity contribution in [3.05, 3.63) is 51.4 Å². The van der Waals surface area contributed by atoms with E-state index in [1.54, 1.807) is 26.0 Å². The Morgan fingerprint density at radius 2 is 2.26 bits per heavy atom. The van der Waals surface area contributed by atoms with Crippen molar-refractivity contribution in [3.8, 4) is 11.6 Å². The van der Waals surface area contributed by atoms with E-state index in [0.717, 1.165) is 11.3 Å². The predicted molar refractivity (Wildman–Crippen MR) is 95.7 cm³/mol. The lowest BCUT2D eigenvalue weighted by molar-refractivity contribution is 0.0531. The summed E-state index contributed by atoms with van der Waals surface area (Å²) in [6.07, 6.45) is 2.90. The smallest absolute Gasteiger partial charge is 0.348 e. The molecule has 4 aromatic rings. The number of carbonyl (C=O) groups excluding carboxylic acids is 1. The molecule has 0 aliphatic rings. The van der Waals surface area contributed by atoms with Crippen LogP contribution in [0.25, 0.3) is 21.8 Å². The normalized spacial score (nSPS) is 11.2. The molecule has 0 amide bonds. The summed E-state index contributed by atoms with van der Waals surface area (Å²) in [6.45, 7) is 3.76. The molecule has 0 radical (unpaired) electrons. The van der Waals surface area contributed by atoms with Crippen LogP contribution in [0.4, 0.5) is 0 Å². The van der Waals surface area contributed by atoms with Crippen LogP contribution in [0.2, 0.25) is 0 Å². The molecule has 138 valence electrons. The Kier molecular flexibility index (Phi) is 4.32. The second-order valence-electron chi connectivity index (χ2n) is 5.62. The van der Waals surface area contributed by atoms with Crippen molar-refractivity contribution >= 4 is 27.5 Å². The number of aryl methyl sites for hydroxylation is 1. The molecule has 0 fully saturated rings. The van der Waals surface area contributed by atoms with Crippen molar-refractivity contribution in [1.82, 2.24) is 19.7 Å². The van der Waals surface area contributed by atoms with Crippen LogP contribution in [0.3, 0.4) is 0 Å². The molecular formula is C17H14N4O5S. The van der Waals surface area contributed by atoms with Crippen LogP contribution in [0.1, 0.15) is 28.0 Å². The van der Waals surface area contributed by atoms with E-state index in [1.165, 1.54) is 17.2 Å². The van der Waals surface area contributed by atoms with E-state index in [4.69, 9.17) is 13.7 Å². The molecule has 0 N–H and O–H groups in total. The predicted octanol–water partition coefficient (Wildman–Crippen LogP) is 2.63. The molecule has 0 spiro atoms. The first-order valence-electron chi connectivity index (χ1n) is 8.10. The highest BCUT2D eigenvalue weighted by Crippen LogP contribution is 2.27. The van der Waals surface area contributed by atoms with Crippen molar-refractivity contribution in [2.45, 2.75) is 20.4 Å². The summed E-state index contributed by atoms with van der Waals surface area (Å²) >= 11 is 1.14. The highest BCUT2D eigenvalue weighted by Gasteiger charge is 2.21. The van der Waals surface area contributed by atoms with Crippen LogP contribution in [0.15, 0.2) is 38.5 Å². The number of hydrogen-bond acceptors (Lipinski definition) is 9. The van der Waals surface area contributed by atoms with Crippen LogP contribution in [0.5, 0.6) is 0 Å². The van der Waals surface area contributed by atoms with Crippen LogP contribution in [-0.2, 0) is 11.3 Å². The van der Waals surface area contributed by atoms with Crippen molar-refractivity contribution in [3.63, 3.8) is 0 Å². The number of hydrogen-bond donors (Lipinski definition) is 0. The Labute approximate surface area is 156 Å². The summed E-state index contributed by atoms with van der Waals surface area (Å²) in [5.74, 6) is 0.555. The molecule has 0 atom stereocenters. The van der Waals surface area contributed by atoms with Crippen LogP contribution < -0.4 is 5.56 Å². The molecule has 0 saturated carbocycles. The van der Waals surface area contributed by atoms with Crippen LogP contribution in [-0.4, -0.2) is 32.3 Å². The first-order valence-corrected chi connectivity index (χ1v) is 8.92. The fourth-order valence-electron chi connectivity index (χ4n) is 2.63. The zero-order valence-electron chi connectivity index (χ0n) is 14.5. The Morgan fingerprint density at radius 3 is 3.00 bits per heavy atom. The summed E-state index contributed by atoms with van der Waals surface area (Å²) < 4.78 is 16.8. The molecule has 4 rings (SSSR count). The SMILES string of the molecule is CCOC(=O)c1sc2ncn(Cc3nc(-c4ccco4)no3)c(=O)c2c1C. The molecule has 10 heteroatoms. The molecule has 0 saturated heterocycles. The largest absolute Gasteiger partial charge is 0.462 e. The minimum Gasteiger partial charge on any atom is -0.462 e. The Morgan fingerprint density at radius 1 is 1.41 bits per heavy atom. The molecular weight excluding hydrogens is 372 g/mol. The quantitative estimate of drug-likeness (QED) is 0.481. The minimum absolute atomic E-state index is 0.0551. The Bertz CT molecular complexity index is 1170. The molecule has 0 aliphatic carbocycles. The van der Waals surface area contributed by atoms with Gasteiger partial charge in [-0.2, -0.15) is 4.98 Å². The van der Waals surface area contributed by atoms with E-state index in [1.807, 2.05) is 0 Å². The Hall–Kier alpha value is -3.27. The van der Waals surface area contributed by atoms with E-state index in [2.05, 4.69) is 15.1 Å². The fourth-order valence-corrected chi connectivity index (χ4v) is 3.67. The molecule has 9 nitrogen and oxygen atoms in total. The van der Waals surface area contributed by atoms with Gasteiger partial charge in [-0.25, -0.2) is 9.78 Å². The van der Waals surface area contributed by atoms with Gasteiger partial charge in [0.1, 0.15) is 16.3 Å². The standard InChI is InChI=1S/C17H14N4O5S/c1-3-24-17(23)13-9(2)12-15(27-13)18-8-21(16(12)22)7-11-19-14(20-26-11)10-5-4-6-25-10/h4-6,8H,3,7H2,1-2H3. The molecule has 4 aromatic heterocycles. The summed E-state index contributed by atoms with van der Waals surface area (Å²) in [4.78, 5) is 34.3. The maximum Gasteiger partial charge on any atom is 0.348 e. The summed E-state index contributed by atoms with van der Waals surface area (Å²) in [5, 5.41) is 4.22. The highest BCUT2D eigenvalue weighted by molar-refractivity contribution is 7.20. The average Bonchev–Trinajstić information content (AvgIpc) is 3.38. The number of esters is 1. The second kappa shape index (κ2) is 6.80. The highest BCUT2D eigenvalue weighted by atomic mass is 32.1. The first-order chi connectivity index (χ1) is 13.1. The number of nitrogens with zero attached hydrogens (tertiary/aromatic N) is 4. The van der Waals surface area contributed by atoms with Gasteiger partial charge in [0.15, 0.2) is 5.76 Å². The summed E-state index contributed by atoms with van der Waals surface area (Å²) in [5.41, 5.74) is 0.268. The van der Waals surface area contributed by atoms with Gasteiger partial charge >= 0.3 is 5.97 Å². The fraction of sp³-hybridized carbons (Fsp3) is 0.235. The number of carbonyl (C=O) groups is 1. The monoisotopic (exact) mass is 386 g/mol. The van der Waals surface area contributed by atoms with Gasteiger partial charge in [-0.1, -0.05) is 5.16 Å². The van der Waals surface area contributed by atoms with Gasteiger partial charge in [0.05, 0.1) is 24.6 Å². The maximum atomic E-state index is 12.9. The third kappa shape index (κ3) is 3.04. The average molecular weight is 386 g/mol. The van der Waals surface area contributed by atoms with Crippen LogP contribution in [0, 0.1) is 6.92 Å². The van der Waals surface area contributed by atoms with E-state index >= 15 is 0 Å². The Balaban J connectivity index is 1.69. The first kappa shape index (κ1) is 17.2. The molecule has 0 aromatic carbocycles. The van der Waals surface area contributed by atoms with Gasteiger partial charge in [-0.3, -0.25) is 9.36 Å². The van der Waals surface area contributed by atoms with E-state index in [-0.39, 0.29) is 24.6 Å². The lowest BCUT2D eigenvalue weighted by atomic mass is 10.2. The third-order valence-electron chi connectivity index (χ3n) is 3.89. The number of ether oxygens (including phenoxy) is 1. The van der Waals surface area contributed by atoms with Crippen molar-refractivity contribution in [1.29, 1.82) is 0 Å². The molecule has 0 aliphatic heterocycles. The van der Waals surface area contributed by atoms with Crippen molar-refractivity contribution in [2.24, 2.45) is 0 Å². The van der Waals surface area contributed by atoms with Gasteiger partial charge in [-0.05, 0) is 31.5 Å². The van der Waals surface area contributed by atoms with Gasteiger partial charge in [0.25, 0.3) is 5.56 Å². The van der Waals surface area contributed by atoms with Gasteiger partial charge < -0.3 is 13.7 Å². The molecule has 0 bridgehead atoms. The molecule has 27 heavy (non-hydrogen) atoms. The number of rotatable bonds is 5. The van der Waals surface area contributed by atoms with Gasteiger partial charge in [-0.15, -0.1) is 11.3 Å². The van der Waals surface area contributed by atoms with Crippen molar-refractivity contribution in [2.75, 3.05) is 6.61 Å². The van der Waals surface area contributed by atoms with E-state index < -0.39 is 5.97 Å². The number of aromatic nitrogens is 4. The lowest BCUT2D eigenvalue weighted by Gasteiger charge is -2.02. The van der Waals surface area contributed by atoms with E-state index in [0.29, 0.717) is 32.2 Å². The number of fused-ring (bicyclic) bond motifs is 1. The molecule has 0 unspecified atom stereocenters. The molecule has 4 heterocycles. The van der Waals surface area contributed by atoms with Crippen LogP contribution >= 0.6 is 11.3 Å². The summed E-state index contributed by atoms with van der Waals surface area (Å²) in [6, 6.07) is 3.42. The third-order valence-corrected chi connectivity index (χ3v) is 5.07. The lowest BCUT2D eigenvalue weighted by Crippen LogP contribution is -2.21. The van der Waals surface area contributed by atoms with Gasteiger partial charge in [0.2, 0.25) is 11.7 Å².